The third-order valence-electron chi connectivity index (χ3n) is 6.27. The van der Waals surface area contributed by atoms with Gasteiger partial charge in [-0.2, -0.15) is 0 Å². The largest absolute Gasteiger partial charge is 0.0888 e. The Balaban J connectivity index is 3.15. The molecule has 0 aromatic carbocycles. The Kier molecular flexibility index (Phi) is 24.5. The second kappa shape index (κ2) is 24.8. The first-order valence-electron chi connectivity index (χ1n) is 13.5. The summed E-state index contributed by atoms with van der Waals surface area (Å²) in [4.78, 5) is 0. The summed E-state index contributed by atoms with van der Waals surface area (Å²) in [7, 11) is 0. The molecule has 0 aliphatic carbocycles. The summed E-state index contributed by atoms with van der Waals surface area (Å²) in [6, 6.07) is 0. The van der Waals surface area contributed by atoms with Crippen molar-refractivity contribution in [1.29, 1.82) is 0 Å². The van der Waals surface area contributed by atoms with Crippen molar-refractivity contribution in [3.63, 3.8) is 0 Å². The smallest absolute Gasteiger partial charge is 0.0351 e. The third kappa shape index (κ3) is 23.8. The molecule has 0 aliphatic rings. The van der Waals surface area contributed by atoms with E-state index in [4.69, 9.17) is 0 Å². The van der Waals surface area contributed by atoms with Gasteiger partial charge in [0, 0.05) is 0 Å². The highest BCUT2D eigenvalue weighted by molar-refractivity contribution is 4.79. The van der Waals surface area contributed by atoms with Crippen molar-refractivity contribution in [2.24, 2.45) is 5.92 Å². The second-order valence-corrected chi connectivity index (χ2v) is 9.36. The van der Waals surface area contributed by atoms with Crippen LogP contribution in [-0.2, 0) is 0 Å². The Hall–Kier alpha value is -0.260. The molecule has 168 valence electrons. The van der Waals surface area contributed by atoms with E-state index >= 15 is 0 Å². The lowest BCUT2D eigenvalue weighted by Crippen LogP contribution is -1.95. The van der Waals surface area contributed by atoms with E-state index in [0.717, 1.165) is 5.92 Å². The quantitative estimate of drug-likeness (QED) is 0.120. The normalized spacial score (nSPS) is 12.8. The average Bonchev–Trinajstić information content (AvgIpc) is 2.70. The molecule has 0 bridgehead atoms. The molecule has 0 saturated carbocycles. The van der Waals surface area contributed by atoms with Gasteiger partial charge in [0.1, 0.15) is 0 Å². The van der Waals surface area contributed by atoms with Gasteiger partial charge in [-0.05, 0) is 25.2 Å². The van der Waals surface area contributed by atoms with Crippen molar-refractivity contribution in [3.8, 4) is 0 Å². The summed E-state index contributed by atoms with van der Waals surface area (Å²) < 4.78 is 0. The highest BCUT2D eigenvalue weighted by Gasteiger charge is 2.02. The number of allylic oxidation sites excluding steroid dienone is 2. The maximum atomic E-state index is 2.48. The van der Waals surface area contributed by atoms with Crippen molar-refractivity contribution < 1.29 is 0 Å². The Labute approximate surface area is 180 Å². The summed E-state index contributed by atoms with van der Waals surface area (Å²) in [5.74, 6) is 0.959. The topological polar surface area (TPSA) is 0 Å². The van der Waals surface area contributed by atoms with Crippen molar-refractivity contribution in [1.82, 2.24) is 0 Å². The molecule has 1 atom stereocenters. The molecule has 0 N–H and O–H groups in total. The van der Waals surface area contributed by atoms with Gasteiger partial charge < -0.3 is 0 Å². The van der Waals surface area contributed by atoms with Crippen LogP contribution in [0.4, 0.5) is 0 Å². The van der Waals surface area contributed by atoms with Crippen LogP contribution in [0.25, 0.3) is 0 Å². The zero-order chi connectivity index (χ0) is 20.5. The van der Waals surface area contributed by atoms with E-state index in [1.807, 2.05) is 0 Å². The van der Waals surface area contributed by atoms with E-state index in [1.54, 1.807) is 0 Å². The Morgan fingerprint density at radius 1 is 0.464 bits per heavy atom. The Morgan fingerprint density at radius 2 is 0.857 bits per heavy atom. The molecule has 0 amide bonds. The van der Waals surface area contributed by atoms with E-state index in [0.29, 0.717) is 0 Å². The zero-order valence-corrected chi connectivity index (χ0v) is 20.3. The molecule has 0 aromatic rings. The molecule has 0 heteroatoms. The second-order valence-electron chi connectivity index (χ2n) is 9.36. The summed E-state index contributed by atoms with van der Waals surface area (Å²) in [6.45, 7) is 7.00. The summed E-state index contributed by atoms with van der Waals surface area (Å²) in [5.41, 5.74) is 0. The molecule has 0 aliphatic heterocycles. The van der Waals surface area contributed by atoms with E-state index in [-0.39, 0.29) is 0 Å². The van der Waals surface area contributed by atoms with Crippen molar-refractivity contribution in [2.75, 3.05) is 0 Å². The SMILES string of the molecule is CCC=CCCCCCCCC(C)CCCCCCCCCCCCCCC. The standard InChI is InChI=1S/C28H56/c1-4-6-8-10-12-14-15-16-17-19-21-23-25-27-28(3)26-24-22-20-18-13-11-9-7-5-2/h7,9,28H,4-6,8,10-27H2,1-3H3. The molecule has 1 unspecified atom stereocenters. The van der Waals surface area contributed by atoms with E-state index in [2.05, 4.69) is 32.9 Å². The minimum atomic E-state index is 0.959. The lowest BCUT2D eigenvalue weighted by molar-refractivity contribution is 0.431. The summed E-state index contributed by atoms with van der Waals surface area (Å²) in [5, 5.41) is 0. The first kappa shape index (κ1) is 27.7. The summed E-state index contributed by atoms with van der Waals surface area (Å²) in [6.07, 6.45) is 36.4. The van der Waals surface area contributed by atoms with Gasteiger partial charge in [0.2, 0.25) is 0 Å². The van der Waals surface area contributed by atoms with Crippen LogP contribution in [0.5, 0.6) is 0 Å². The third-order valence-corrected chi connectivity index (χ3v) is 6.27. The molecular formula is C28H56. The van der Waals surface area contributed by atoms with E-state index < -0.39 is 0 Å². The molecule has 0 heterocycles. The molecule has 0 radical (unpaired) electrons. The van der Waals surface area contributed by atoms with Crippen LogP contribution in [0.15, 0.2) is 12.2 Å². The molecule has 0 rings (SSSR count). The maximum absolute atomic E-state index is 2.48. The fourth-order valence-electron chi connectivity index (χ4n) is 4.22. The monoisotopic (exact) mass is 392 g/mol. The Bertz CT molecular complexity index is 290. The zero-order valence-electron chi connectivity index (χ0n) is 20.3. The van der Waals surface area contributed by atoms with Gasteiger partial charge in [-0.25, -0.2) is 0 Å². The molecule has 0 aromatic heterocycles. The lowest BCUT2D eigenvalue weighted by atomic mass is 9.96. The maximum Gasteiger partial charge on any atom is -0.0351 e. The predicted molar refractivity (Wildman–Crippen MR) is 131 cm³/mol. The van der Waals surface area contributed by atoms with Gasteiger partial charge in [0.15, 0.2) is 0 Å². The van der Waals surface area contributed by atoms with Gasteiger partial charge in [-0.15, -0.1) is 0 Å². The fraction of sp³-hybridized carbons (Fsp3) is 0.929. The Morgan fingerprint density at radius 3 is 1.29 bits per heavy atom. The van der Waals surface area contributed by atoms with E-state index in [1.165, 1.54) is 141 Å². The van der Waals surface area contributed by atoms with Gasteiger partial charge in [0.05, 0.1) is 0 Å². The molecule has 28 heavy (non-hydrogen) atoms. The molecular weight excluding hydrogens is 336 g/mol. The summed E-state index contributed by atoms with van der Waals surface area (Å²) >= 11 is 0. The molecule has 0 nitrogen and oxygen atoms in total. The number of hydrogen-bond acceptors (Lipinski definition) is 0. The molecule has 0 spiro atoms. The highest BCUT2D eigenvalue weighted by atomic mass is 14.1. The fourth-order valence-corrected chi connectivity index (χ4v) is 4.22. The average molecular weight is 393 g/mol. The van der Waals surface area contributed by atoms with Crippen LogP contribution in [0.2, 0.25) is 0 Å². The van der Waals surface area contributed by atoms with Gasteiger partial charge in [0.25, 0.3) is 0 Å². The number of hydrogen-bond donors (Lipinski definition) is 0. The van der Waals surface area contributed by atoms with Gasteiger partial charge in [-0.3, -0.25) is 0 Å². The van der Waals surface area contributed by atoms with Gasteiger partial charge in [-0.1, -0.05) is 155 Å². The number of rotatable bonds is 23. The van der Waals surface area contributed by atoms with Crippen LogP contribution >= 0.6 is 0 Å². The van der Waals surface area contributed by atoms with Crippen LogP contribution in [-0.4, -0.2) is 0 Å². The molecule has 0 saturated heterocycles. The first-order chi connectivity index (χ1) is 13.8. The van der Waals surface area contributed by atoms with Crippen LogP contribution in [0.1, 0.15) is 162 Å². The highest BCUT2D eigenvalue weighted by Crippen LogP contribution is 2.19. The van der Waals surface area contributed by atoms with Crippen molar-refractivity contribution >= 4 is 0 Å². The number of unbranched alkanes of at least 4 members (excludes halogenated alkanes) is 17. The predicted octanol–water partition coefficient (Wildman–Crippen LogP) is 10.8. The van der Waals surface area contributed by atoms with E-state index in [9.17, 15) is 0 Å². The minimum absolute atomic E-state index is 0.959. The minimum Gasteiger partial charge on any atom is -0.0888 e. The van der Waals surface area contributed by atoms with Crippen LogP contribution < -0.4 is 0 Å². The van der Waals surface area contributed by atoms with Crippen LogP contribution in [0.3, 0.4) is 0 Å². The van der Waals surface area contributed by atoms with Crippen molar-refractivity contribution in [3.05, 3.63) is 12.2 Å². The van der Waals surface area contributed by atoms with Gasteiger partial charge >= 0.3 is 0 Å². The first-order valence-corrected chi connectivity index (χ1v) is 13.5. The molecule has 0 fully saturated rings. The van der Waals surface area contributed by atoms with Crippen LogP contribution in [0, 0.1) is 5.92 Å². The van der Waals surface area contributed by atoms with Crippen molar-refractivity contribution in [2.45, 2.75) is 162 Å². The lowest BCUT2D eigenvalue weighted by Gasteiger charge is -2.11.